The number of hydrogen-bond acceptors (Lipinski definition) is 4. The van der Waals surface area contributed by atoms with Gasteiger partial charge in [0.15, 0.2) is 0 Å². The molecule has 1 saturated heterocycles. The fraction of sp³-hybridized carbons (Fsp3) is 0.350. The molecule has 1 amide bonds. The second-order valence-electron chi connectivity index (χ2n) is 6.50. The number of nitrogens with zero attached hydrogens (tertiary/aromatic N) is 1. The Kier molecular flexibility index (Phi) is 9.90. The summed E-state index contributed by atoms with van der Waals surface area (Å²) in [7, 11) is 1.61. The van der Waals surface area contributed by atoms with Crippen LogP contribution in [0.2, 0.25) is 5.02 Å². The van der Waals surface area contributed by atoms with E-state index in [0.29, 0.717) is 36.8 Å². The van der Waals surface area contributed by atoms with Crippen molar-refractivity contribution in [2.75, 3.05) is 32.1 Å². The van der Waals surface area contributed by atoms with Gasteiger partial charge in [-0.2, -0.15) is 0 Å². The van der Waals surface area contributed by atoms with Crippen LogP contribution >= 0.6 is 36.4 Å². The fourth-order valence-electron chi connectivity index (χ4n) is 3.37. The van der Waals surface area contributed by atoms with Gasteiger partial charge in [-0.15, -0.1) is 24.8 Å². The number of anilines is 1. The zero-order valence-electron chi connectivity index (χ0n) is 15.6. The molecule has 0 aromatic heterocycles. The molecule has 0 aliphatic carbocycles. The number of likely N-dealkylation sites (tertiary alicyclic amines) is 1. The smallest absolute Gasteiger partial charge is 0.224 e. The number of hydrogen-bond donors (Lipinski definition) is 2. The molecule has 1 heterocycles. The van der Waals surface area contributed by atoms with Crippen LogP contribution in [-0.2, 0) is 4.79 Å². The summed E-state index contributed by atoms with van der Waals surface area (Å²) in [5.74, 6) is 1.00. The molecule has 2 aromatic carbocycles. The van der Waals surface area contributed by atoms with Gasteiger partial charge in [-0.05, 0) is 23.8 Å². The standard InChI is InChI=1S/C20H24ClN3O2.2ClH/c1-26-19-8-7-15(21)11-18(19)23-10-9-20(25)24-12-16(17(22)13-24)14-5-3-2-4-6-14;;/h2-8,11,16-17,23H,9-10,12-13,22H2,1H3;2*1H/t16-,17+;;/m0../s1. The average molecular weight is 447 g/mol. The molecule has 1 aliphatic heterocycles. The Labute approximate surface area is 183 Å². The minimum Gasteiger partial charge on any atom is -0.495 e. The number of amides is 1. The lowest BCUT2D eigenvalue weighted by Crippen LogP contribution is -2.33. The van der Waals surface area contributed by atoms with Gasteiger partial charge in [0.1, 0.15) is 5.75 Å². The molecule has 1 fully saturated rings. The first kappa shape index (κ1) is 24.4. The normalized spacial score (nSPS) is 18.0. The number of benzene rings is 2. The van der Waals surface area contributed by atoms with Crippen LogP contribution in [0, 0.1) is 0 Å². The molecule has 8 heteroatoms. The summed E-state index contributed by atoms with van der Waals surface area (Å²) in [5, 5.41) is 3.85. The van der Waals surface area contributed by atoms with Crippen LogP contribution in [0.3, 0.4) is 0 Å². The largest absolute Gasteiger partial charge is 0.495 e. The van der Waals surface area contributed by atoms with Crippen LogP contribution in [0.4, 0.5) is 5.69 Å². The maximum absolute atomic E-state index is 12.6. The number of carbonyl (C=O) groups is 1. The molecule has 2 aromatic rings. The van der Waals surface area contributed by atoms with Crippen molar-refractivity contribution < 1.29 is 9.53 Å². The summed E-state index contributed by atoms with van der Waals surface area (Å²) in [6.45, 7) is 1.78. The molecule has 0 radical (unpaired) electrons. The van der Waals surface area contributed by atoms with E-state index >= 15 is 0 Å². The fourth-order valence-corrected chi connectivity index (χ4v) is 3.54. The molecule has 1 aliphatic rings. The van der Waals surface area contributed by atoms with E-state index in [1.807, 2.05) is 23.1 Å². The lowest BCUT2D eigenvalue weighted by Gasteiger charge is -2.17. The third kappa shape index (κ3) is 5.92. The Balaban J connectivity index is 0.00000196. The van der Waals surface area contributed by atoms with E-state index < -0.39 is 0 Å². The van der Waals surface area contributed by atoms with E-state index in [1.54, 1.807) is 25.3 Å². The van der Waals surface area contributed by atoms with Gasteiger partial charge in [-0.3, -0.25) is 4.79 Å². The van der Waals surface area contributed by atoms with Crippen LogP contribution < -0.4 is 15.8 Å². The van der Waals surface area contributed by atoms with Gasteiger partial charge in [-0.25, -0.2) is 0 Å². The van der Waals surface area contributed by atoms with Crippen LogP contribution in [0.5, 0.6) is 5.75 Å². The molecule has 3 N–H and O–H groups in total. The summed E-state index contributed by atoms with van der Waals surface area (Å²) in [5.41, 5.74) is 8.25. The van der Waals surface area contributed by atoms with Crippen molar-refractivity contribution >= 4 is 48.0 Å². The Hall–Kier alpha value is -1.66. The lowest BCUT2D eigenvalue weighted by atomic mass is 9.95. The molecule has 0 unspecified atom stereocenters. The number of nitrogens with two attached hydrogens (primary N) is 1. The van der Waals surface area contributed by atoms with E-state index in [9.17, 15) is 4.79 Å². The predicted molar refractivity (Wildman–Crippen MR) is 119 cm³/mol. The number of nitrogens with one attached hydrogen (secondary N) is 1. The summed E-state index contributed by atoms with van der Waals surface area (Å²) in [6.07, 6.45) is 0.393. The predicted octanol–water partition coefficient (Wildman–Crippen LogP) is 3.95. The minimum atomic E-state index is -0.0256. The quantitative estimate of drug-likeness (QED) is 0.705. The summed E-state index contributed by atoms with van der Waals surface area (Å²) >= 11 is 6.02. The Morgan fingerprint density at radius 1 is 1.21 bits per heavy atom. The highest BCUT2D eigenvalue weighted by Crippen LogP contribution is 2.28. The number of ether oxygens (including phenoxy) is 1. The van der Waals surface area contributed by atoms with E-state index in [0.717, 1.165) is 5.69 Å². The van der Waals surface area contributed by atoms with Crippen molar-refractivity contribution in [3.05, 3.63) is 59.1 Å². The lowest BCUT2D eigenvalue weighted by molar-refractivity contribution is -0.129. The zero-order chi connectivity index (χ0) is 18.5. The van der Waals surface area contributed by atoms with Crippen molar-refractivity contribution in [2.24, 2.45) is 5.73 Å². The maximum Gasteiger partial charge on any atom is 0.224 e. The van der Waals surface area contributed by atoms with Crippen LogP contribution in [0.15, 0.2) is 48.5 Å². The molecule has 0 spiro atoms. The Morgan fingerprint density at radius 3 is 2.61 bits per heavy atom. The molecule has 0 bridgehead atoms. The number of halogens is 3. The second kappa shape index (κ2) is 11.4. The molecular weight excluding hydrogens is 421 g/mol. The topological polar surface area (TPSA) is 67.6 Å². The average Bonchev–Trinajstić information content (AvgIpc) is 3.04. The first-order chi connectivity index (χ1) is 12.6. The third-order valence-corrected chi connectivity index (χ3v) is 5.00. The summed E-state index contributed by atoms with van der Waals surface area (Å²) < 4.78 is 5.30. The first-order valence-electron chi connectivity index (χ1n) is 8.74. The SMILES string of the molecule is COc1ccc(Cl)cc1NCCC(=O)N1C[C@@H](N)[C@H](c2ccccc2)C1.Cl.Cl. The summed E-state index contributed by atoms with van der Waals surface area (Å²) in [6, 6.07) is 15.5. The van der Waals surface area contributed by atoms with Gasteiger partial charge in [0, 0.05) is 43.0 Å². The van der Waals surface area contributed by atoms with Gasteiger partial charge in [0.25, 0.3) is 0 Å². The van der Waals surface area contributed by atoms with Crippen molar-refractivity contribution in [1.82, 2.24) is 4.90 Å². The van der Waals surface area contributed by atoms with Gasteiger partial charge in [-0.1, -0.05) is 41.9 Å². The van der Waals surface area contributed by atoms with Crippen molar-refractivity contribution in [3.8, 4) is 5.75 Å². The number of methoxy groups -OCH3 is 1. The maximum atomic E-state index is 12.6. The third-order valence-electron chi connectivity index (χ3n) is 4.76. The highest BCUT2D eigenvalue weighted by Gasteiger charge is 2.33. The van der Waals surface area contributed by atoms with Crippen LogP contribution in [-0.4, -0.2) is 43.6 Å². The molecule has 5 nitrogen and oxygen atoms in total. The summed E-state index contributed by atoms with van der Waals surface area (Å²) in [4.78, 5) is 14.4. The highest BCUT2D eigenvalue weighted by atomic mass is 35.5. The second-order valence-corrected chi connectivity index (χ2v) is 6.94. The van der Waals surface area contributed by atoms with E-state index in [1.165, 1.54) is 5.56 Å². The highest BCUT2D eigenvalue weighted by molar-refractivity contribution is 6.30. The molecule has 28 heavy (non-hydrogen) atoms. The molecule has 3 rings (SSSR count). The van der Waals surface area contributed by atoms with Crippen molar-refractivity contribution in [2.45, 2.75) is 18.4 Å². The monoisotopic (exact) mass is 445 g/mol. The van der Waals surface area contributed by atoms with E-state index in [4.69, 9.17) is 22.1 Å². The zero-order valence-corrected chi connectivity index (χ0v) is 18.0. The van der Waals surface area contributed by atoms with E-state index in [-0.39, 0.29) is 42.7 Å². The Bertz CT molecular complexity index is 762. The number of rotatable bonds is 6. The van der Waals surface area contributed by atoms with Crippen molar-refractivity contribution in [3.63, 3.8) is 0 Å². The number of carbonyl (C=O) groups excluding carboxylic acids is 1. The van der Waals surface area contributed by atoms with Gasteiger partial charge in [0.05, 0.1) is 12.8 Å². The minimum absolute atomic E-state index is 0. The first-order valence-corrected chi connectivity index (χ1v) is 9.12. The van der Waals surface area contributed by atoms with Crippen LogP contribution in [0.25, 0.3) is 0 Å². The Morgan fingerprint density at radius 2 is 1.93 bits per heavy atom. The van der Waals surface area contributed by atoms with Gasteiger partial charge >= 0.3 is 0 Å². The van der Waals surface area contributed by atoms with Crippen molar-refractivity contribution in [1.29, 1.82) is 0 Å². The van der Waals surface area contributed by atoms with Gasteiger partial charge < -0.3 is 20.7 Å². The molecule has 2 atom stereocenters. The van der Waals surface area contributed by atoms with Crippen LogP contribution in [0.1, 0.15) is 17.9 Å². The molecule has 154 valence electrons. The molecule has 0 saturated carbocycles. The van der Waals surface area contributed by atoms with Gasteiger partial charge in [0.2, 0.25) is 5.91 Å². The molecular formula is C20H26Cl3N3O2. The van der Waals surface area contributed by atoms with E-state index in [2.05, 4.69) is 17.4 Å².